The van der Waals surface area contributed by atoms with Crippen LogP contribution in [-0.2, 0) is 9.84 Å². The molecule has 0 saturated carbocycles. The first kappa shape index (κ1) is 21.7. The third-order valence-electron chi connectivity index (χ3n) is 4.09. The average molecular weight is 489 g/mol. The van der Waals surface area contributed by atoms with E-state index in [-0.39, 0.29) is 30.8 Å². The van der Waals surface area contributed by atoms with E-state index >= 15 is 0 Å². The lowest BCUT2D eigenvalue weighted by atomic mass is 10.2. The molecule has 0 amide bonds. The molecule has 0 fully saturated rings. The summed E-state index contributed by atoms with van der Waals surface area (Å²) in [6.45, 7) is 0.487. The second-order valence-corrected chi connectivity index (χ2v) is 9.37. The molecule has 4 rings (SSSR count). The van der Waals surface area contributed by atoms with Gasteiger partial charge < -0.3 is 29.2 Å². The van der Waals surface area contributed by atoms with Crippen molar-refractivity contribution in [2.45, 2.75) is 17.1 Å². The monoisotopic (exact) mass is 488 g/mol. The van der Waals surface area contributed by atoms with Crippen molar-refractivity contribution in [3.63, 3.8) is 0 Å². The Labute approximate surface area is 177 Å². The van der Waals surface area contributed by atoms with Crippen molar-refractivity contribution in [1.29, 1.82) is 0 Å². The molecular formula is C19H21BrO8S. The fourth-order valence-electron chi connectivity index (χ4n) is 2.60. The van der Waals surface area contributed by atoms with Gasteiger partial charge in [0.25, 0.3) is 0 Å². The number of sulfone groups is 1. The van der Waals surface area contributed by atoms with E-state index in [4.69, 9.17) is 29.2 Å². The zero-order chi connectivity index (χ0) is 21.0. The summed E-state index contributed by atoms with van der Waals surface area (Å²) in [5.74, 6) is 2.26. The summed E-state index contributed by atoms with van der Waals surface area (Å²) >= 11 is 3.33. The van der Waals surface area contributed by atoms with Gasteiger partial charge in [0.05, 0.1) is 18.1 Å². The fraction of sp³-hybridized carbons (Fsp3) is 0.368. The Bertz CT molecular complexity index is 963. The van der Waals surface area contributed by atoms with Gasteiger partial charge in [-0.25, -0.2) is 8.42 Å². The van der Waals surface area contributed by atoms with E-state index in [1.54, 1.807) is 6.07 Å². The summed E-state index contributed by atoms with van der Waals surface area (Å²) in [7, 11) is -3.26. The van der Waals surface area contributed by atoms with E-state index in [1.807, 2.05) is 18.2 Å². The van der Waals surface area contributed by atoms with Crippen LogP contribution in [0, 0.1) is 0 Å². The summed E-state index contributed by atoms with van der Waals surface area (Å²) in [6.07, 6.45) is 0.436. The number of benzene rings is 2. The molecule has 0 spiro atoms. The van der Waals surface area contributed by atoms with Crippen LogP contribution in [-0.4, -0.2) is 63.5 Å². The summed E-state index contributed by atoms with van der Waals surface area (Å²) < 4.78 is 45.1. The average Bonchev–Trinajstić information content (AvgIpc) is 2.72. The molecule has 2 N–H and O–H groups in total. The first-order valence-electron chi connectivity index (χ1n) is 8.74. The van der Waals surface area contributed by atoms with E-state index in [0.29, 0.717) is 23.9 Å². The van der Waals surface area contributed by atoms with Crippen LogP contribution >= 0.6 is 15.9 Å². The molecule has 158 valence electrons. The van der Waals surface area contributed by atoms with E-state index in [1.165, 1.54) is 12.1 Å². The van der Waals surface area contributed by atoms with E-state index in [2.05, 4.69) is 15.9 Å². The van der Waals surface area contributed by atoms with Gasteiger partial charge in [-0.2, -0.15) is 0 Å². The molecule has 29 heavy (non-hydrogen) atoms. The smallest absolute Gasteiger partial charge is 0.175 e. The summed E-state index contributed by atoms with van der Waals surface area (Å²) in [4.78, 5) is 0.174. The van der Waals surface area contributed by atoms with Gasteiger partial charge in [-0.1, -0.05) is 15.9 Å². The highest BCUT2D eigenvalue weighted by molar-refractivity contribution is 9.10. The maximum Gasteiger partial charge on any atom is 0.175 e. The number of rotatable bonds is 3. The van der Waals surface area contributed by atoms with Crippen LogP contribution in [0.15, 0.2) is 45.8 Å². The van der Waals surface area contributed by atoms with E-state index in [9.17, 15) is 8.42 Å². The molecular weight excluding hydrogens is 468 g/mol. The quantitative estimate of drug-likeness (QED) is 0.672. The minimum Gasteiger partial charge on any atom is -0.486 e. The minimum atomic E-state index is -3.26. The predicted molar refractivity (Wildman–Crippen MR) is 108 cm³/mol. The summed E-state index contributed by atoms with van der Waals surface area (Å²) in [5, 5.41) is 17.8. The number of fused-ring (bicyclic) bond motifs is 2. The number of hydrogen-bond donors (Lipinski definition) is 2. The van der Waals surface area contributed by atoms with Gasteiger partial charge >= 0.3 is 0 Å². The lowest BCUT2D eigenvalue weighted by Crippen LogP contribution is -2.32. The van der Waals surface area contributed by atoms with Gasteiger partial charge in [0.2, 0.25) is 0 Å². The number of ether oxygens (including phenoxy) is 4. The topological polar surface area (TPSA) is 112 Å². The standard InChI is InChI=1S/C10H12O5S.C9H9BrO3/c1-16(12,13)8-2-3-9-10(4-8)15-7(5-11)6-14-9;10-6-1-2-8-9(3-6)13-7(4-11)5-12-8/h2-4,7,11H,5-6H2,1H3;1-3,7,11H,4-5H2. The minimum absolute atomic E-state index is 0.0219. The molecule has 2 aliphatic rings. The molecule has 2 aromatic carbocycles. The Balaban J connectivity index is 0.000000169. The third kappa shape index (κ3) is 5.53. The van der Waals surface area contributed by atoms with Crippen LogP contribution in [0.2, 0.25) is 0 Å². The zero-order valence-corrected chi connectivity index (χ0v) is 18.0. The van der Waals surface area contributed by atoms with Gasteiger partial charge in [0.1, 0.15) is 13.2 Å². The highest BCUT2D eigenvalue weighted by atomic mass is 79.9. The Kier molecular flexibility index (Phi) is 6.89. The van der Waals surface area contributed by atoms with Crippen molar-refractivity contribution in [2.75, 3.05) is 32.7 Å². The van der Waals surface area contributed by atoms with Crippen LogP contribution in [0.5, 0.6) is 23.0 Å². The van der Waals surface area contributed by atoms with Crippen molar-refractivity contribution in [1.82, 2.24) is 0 Å². The van der Waals surface area contributed by atoms with Gasteiger partial charge in [0, 0.05) is 16.8 Å². The molecule has 2 atom stereocenters. The second-order valence-electron chi connectivity index (χ2n) is 6.44. The Hall–Kier alpha value is -2.01. The lowest BCUT2D eigenvalue weighted by Gasteiger charge is -2.25. The van der Waals surface area contributed by atoms with Crippen LogP contribution < -0.4 is 18.9 Å². The molecule has 2 aromatic rings. The van der Waals surface area contributed by atoms with E-state index < -0.39 is 15.9 Å². The summed E-state index contributed by atoms with van der Waals surface area (Å²) in [6, 6.07) is 9.99. The lowest BCUT2D eigenvalue weighted by molar-refractivity contribution is 0.0453. The molecule has 2 unspecified atom stereocenters. The van der Waals surface area contributed by atoms with Crippen molar-refractivity contribution in [3.05, 3.63) is 40.9 Å². The number of aliphatic hydroxyl groups is 2. The second kappa shape index (κ2) is 9.21. The fourth-order valence-corrected chi connectivity index (χ4v) is 3.57. The van der Waals surface area contributed by atoms with Crippen molar-refractivity contribution < 1.29 is 37.6 Å². The van der Waals surface area contributed by atoms with Gasteiger partial charge in [-0.05, 0) is 30.3 Å². The third-order valence-corrected chi connectivity index (χ3v) is 5.70. The highest BCUT2D eigenvalue weighted by Gasteiger charge is 2.22. The van der Waals surface area contributed by atoms with Crippen LogP contribution in [0.1, 0.15) is 0 Å². The van der Waals surface area contributed by atoms with Crippen LogP contribution in [0.25, 0.3) is 0 Å². The van der Waals surface area contributed by atoms with Crippen molar-refractivity contribution in [2.24, 2.45) is 0 Å². The highest BCUT2D eigenvalue weighted by Crippen LogP contribution is 2.34. The molecule has 0 bridgehead atoms. The van der Waals surface area contributed by atoms with Gasteiger partial charge in [0.15, 0.2) is 45.0 Å². The Morgan fingerprint density at radius 2 is 1.41 bits per heavy atom. The van der Waals surface area contributed by atoms with E-state index in [0.717, 1.165) is 16.5 Å². The predicted octanol–water partition coefficient (Wildman–Crippen LogP) is 1.80. The summed E-state index contributed by atoms with van der Waals surface area (Å²) in [5.41, 5.74) is 0. The molecule has 8 nitrogen and oxygen atoms in total. The van der Waals surface area contributed by atoms with Gasteiger partial charge in [-0.15, -0.1) is 0 Å². The zero-order valence-electron chi connectivity index (χ0n) is 15.6. The molecule has 0 radical (unpaired) electrons. The Morgan fingerprint density at radius 3 is 1.93 bits per heavy atom. The first-order chi connectivity index (χ1) is 13.8. The van der Waals surface area contributed by atoms with Crippen molar-refractivity contribution in [3.8, 4) is 23.0 Å². The first-order valence-corrected chi connectivity index (χ1v) is 11.4. The SMILES string of the molecule is CS(=O)(=O)c1ccc2c(c1)OC(CO)CO2.OCC1COc2ccc(Br)cc2O1. The molecule has 2 heterocycles. The van der Waals surface area contributed by atoms with Gasteiger partial charge in [-0.3, -0.25) is 0 Å². The number of aliphatic hydroxyl groups excluding tert-OH is 2. The maximum absolute atomic E-state index is 11.3. The number of hydrogen-bond acceptors (Lipinski definition) is 8. The largest absolute Gasteiger partial charge is 0.486 e. The normalized spacial score (nSPS) is 19.7. The number of halogens is 1. The Morgan fingerprint density at radius 1 is 0.897 bits per heavy atom. The van der Waals surface area contributed by atoms with Crippen LogP contribution in [0.3, 0.4) is 0 Å². The maximum atomic E-state index is 11.3. The molecule has 0 aromatic heterocycles. The van der Waals surface area contributed by atoms with Crippen LogP contribution in [0.4, 0.5) is 0 Å². The van der Waals surface area contributed by atoms with Crippen molar-refractivity contribution >= 4 is 25.8 Å². The molecule has 0 saturated heterocycles. The molecule has 0 aliphatic carbocycles. The molecule has 10 heteroatoms. The molecule has 2 aliphatic heterocycles.